The van der Waals surface area contributed by atoms with E-state index in [2.05, 4.69) is 13.5 Å². The standard InChI is InChI=1S/C20H30O4/c1-13-4-7-16-19(2,9-8-17(22)20(16,3)12-21)15(13)6-5-14-10-18(23)24-11-14/h10,15-17,21-22H,1,4-9,11-12H2,2-3H3. The largest absolute Gasteiger partial charge is 0.458 e. The van der Waals surface area contributed by atoms with E-state index in [-0.39, 0.29) is 18.0 Å². The molecule has 0 aromatic rings. The number of carbonyl (C=O) groups is 1. The fourth-order valence-electron chi connectivity index (χ4n) is 5.62. The van der Waals surface area contributed by atoms with Crippen molar-refractivity contribution in [3.63, 3.8) is 0 Å². The number of hydrogen-bond donors (Lipinski definition) is 2. The highest BCUT2D eigenvalue weighted by atomic mass is 16.5. The van der Waals surface area contributed by atoms with Gasteiger partial charge < -0.3 is 14.9 Å². The molecule has 134 valence electrons. The lowest BCUT2D eigenvalue weighted by Crippen LogP contribution is -2.57. The fraction of sp³-hybridized carbons (Fsp3) is 0.750. The van der Waals surface area contributed by atoms with Crippen LogP contribution in [0.1, 0.15) is 52.4 Å². The molecule has 0 amide bonds. The number of esters is 1. The van der Waals surface area contributed by atoms with Gasteiger partial charge in [0.25, 0.3) is 0 Å². The van der Waals surface area contributed by atoms with Crippen LogP contribution in [0.5, 0.6) is 0 Å². The van der Waals surface area contributed by atoms with E-state index >= 15 is 0 Å². The molecule has 1 aliphatic heterocycles. The summed E-state index contributed by atoms with van der Waals surface area (Å²) in [5, 5.41) is 20.5. The maximum absolute atomic E-state index is 11.2. The SMILES string of the molecule is C=C1CCC2C(C)(CO)C(O)CCC2(C)C1CCC1=CC(=O)OC1. The lowest BCUT2D eigenvalue weighted by Gasteiger charge is -2.60. The van der Waals surface area contributed by atoms with Crippen molar-refractivity contribution in [2.24, 2.45) is 22.7 Å². The van der Waals surface area contributed by atoms with Crippen molar-refractivity contribution in [1.82, 2.24) is 0 Å². The van der Waals surface area contributed by atoms with Gasteiger partial charge in [-0.25, -0.2) is 4.79 Å². The Morgan fingerprint density at radius 2 is 2.12 bits per heavy atom. The Hall–Kier alpha value is -1.13. The molecule has 5 atom stereocenters. The second kappa shape index (κ2) is 6.30. The van der Waals surface area contributed by atoms with E-state index in [4.69, 9.17) is 4.74 Å². The minimum Gasteiger partial charge on any atom is -0.458 e. The summed E-state index contributed by atoms with van der Waals surface area (Å²) in [6, 6.07) is 0. The number of allylic oxidation sites excluding steroid dienone is 1. The molecule has 2 saturated carbocycles. The van der Waals surface area contributed by atoms with Crippen LogP contribution in [0.4, 0.5) is 0 Å². The molecular formula is C20H30O4. The Balaban J connectivity index is 1.81. The van der Waals surface area contributed by atoms with Crippen molar-refractivity contribution < 1.29 is 19.7 Å². The van der Waals surface area contributed by atoms with Gasteiger partial charge in [0.1, 0.15) is 6.61 Å². The van der Waals surface area contributed by atoms with Crippen molar-refractivity contribution in [3.05, 3.63) is 23.8 Å². The molecule has 2 N–H and O–H groups in total. The third-order valence-corrected chi connectivity index (χ3v) is 7.17. The van der Waals surface area contributed by atoms with Gasteiger partial charge in [0.05, 0.1) is 12.7 Å². The van der Waals surface area contributed by atoms with E-state index < -0.39 is 11.5 Å². The number of hydrogen-bond acceptors (Lipinski definition) is 4. The molecule has 2 aliphatic carbocycles. The molecule has 24 heavy (non-hydrogen) atoms. The zero-order chi connectivity index (χ0) is 17.5. The van der Waals surface area contributed by atoms with Crippen LogP contribution in [0.3, 0.4) is 0 Å². The second-order valence-electron chi connectivity index (χ2n) is 8.48. The minimum atomic E-state index is -0.434. The van der Waals surface area contributed by atoms with E-state index in [1.54, 1.807) is 6.08 Å². The summed E-state index contributed by atoms with van der Waals surface area (Å²) in [6.07, 6.45) is 6.66. The summed E-state index contributed by atoms with van der Waals surface area (Å²) >= 11 is 0. The van der Waals surface area contributed by atoms with Crippen molar-refractivity contribution in [1.29, 1.82) is 0 Å². The molecule has 0 aromatic carbocycles. The van der Waals surface area contributed by atoms with Crippen molar-refractivity contribution >= 4 is 5.97 Å². The molecule has 3 aliphatic rings. The number of cyclic esters (lactones) is 1. The first-order valence-electron chi connectivity index (χ1n) is 9.14. The lowest BCUT2D eigenvalue weighted by atomic mass is 9.46. The van der Waals surface area contributed by atoms with Crippen LogP contribution < -0.4 is 0 Å². The van der Waals surface area contributed by atoms with E-state index in [1.165, 1.54) is 5.57 Å². The van der Waals surface area contributed by atoms with Gasteiger partial charge in [0, 0.05) is 11.5 Å². The summed E-state index contributed by atoms with van der Waals surface area (Å²) in [6.45, 7) is 9.15. The Kier molecular flexibility index (Phi) is 4.65. The van der Waals surface area contributed by atoms with Gasteiger partial charge in [-0.2, -0.15) is 0 Å². The number of aliphatic hydroxyl groups is 2. The minimum absolute atomic E-state index is 0.0289. The van der Waals surface area contributed by atoms with Crippen LogP contribution in [0.25, 0.3) is 0 Å². The van der Waals surface area contributed by atoms with Crippen molar-refractivity contribution in [3.8, 4) is 0 Å². The summed E-state index contributed by atoms with van der Waals surface area (Å²) in [4.78, 5) is 11.2. The maximum Gasteiger partial charge on any atom is 0.331 e. The van der Waals surface area contributed by atoms with Crippen molar-refractivity contribution in [2.75, 3.05) is 13.2 Å². The fourth-order valence-corrected chi connectivity index (χ4v) is 5.62. The average Bonchev–Trinajstić information content (AvgIpc) is 2.96. The Labute approximate surface area is 144 Å². The quantitative estimate of drug-likeness (QED) is 0.613. The van der Waals surface area contributed by atoms with Gasteiger partial charge in [-0.15, -0.1) is 0 Å². The van der Waals surface area contributed by atoms with Crippen LogP contribution in [-0.2, 0) is 9.53 Å². The predicted octanol–water partition coefficient (Wildman–Crippen LogP) is 2.99. The van der Waals surface area contributed by atoms with Crippen molar-refractivity contribution in [2.45, 2.75) is 58.5 Å². The molecule has 0 radical (unpaired) electrons. The number of carbonyl (C=O) groups excluding carboxylic acids is 1. The Morgan fingerprint density at radius 3 is 2.75 bits per heavy atom. The molecule has 0 saturated heterocycles. The molecule has 0 bridgehead atoms. The van der Waals surface area contributed by atoms with Gasteiger partial charge in [-0.3, -0.25) is 0 Å². The van der Waals surface area contributed by atoms with E-state index in [1.807, 2.05) is 6.92 Å². The Bertz CT molecular complexity index is 566. The van der Waals surface area contributed by atoms with Crippen LogP contribution in [0.2, 0.25) is 0 Å². The number of aliphatic hydroxyl groups excluding tert-OH is 2. The first-order chi connectivity index (χ1) is 11.3. The molecule has 0 spiro atoms. The number of rotatable bonds is 4. The Morgan fingerprint density at radius 1 is 1.38 bits per heavy atom. The lowest BCUT2D eigenvalue weighted by molar-refractivity contribution is -0.152. The zero-order valence-corrected chi connectivity index (χ0v) is 14.9. The van der Waals surface area contributed by atoms with Crippen LogP contribution in [-0.4, -0.2) is 35.5 Å². The van der Waals surface area contributed by atoms with E-state index in [0.29, 0.717) is 18.4 Å². The zero-order valence-electron chi connectivity index (χ0n) is 14.9. The van der Waals surface area contributed by atoms with Gasteiger partial charge in [0.15, 0.2) is 0 Å². The molecule has 4 nitrogen and oxygen atoms in total. The first-order valence-corrected chi connectivity index (χ1v) is 9.14. The van der Waals surface area contributed by atoms with Gasteiger partial charge in [-0.05, 0) is 61.3 Å². The van der Waals surface area contributed by atoms with Gasteiger partial charge in [0.2, 0.25) is 0 Å². The molecule has 3 rings (SSSR count). The maximum atomic E-state index is 11.2. The summed E-state index contributed by atoms with van der Waals surface area (Å²) in [7, 11) is 0. The molecule has 2 fully saturated rings. The normalized spacial score (nSPS) is 42.5. The smallest absolute Gasteiger partial charge is 0.331 e. The van der Waals surface area contributed by atoms with E-state index in [9.17, 15) is 15.0 Å². The highest BCUT2D eigenvalue weighted by Crippen LogP contribution is 2.61. The predicted molar refractivity (Wildman–Crippen MR) is 92.2 cm³/mol. The van der Waals surface area contributed by atoms with Crippen LogP contribution >= 0.6 is 0 Å². The highest BCUT2D eigenvalue weighted by Gasteiger charge is 2.57. The molecule has 5 unspecified atom stereocenters. The molecular weight excluding hydrogens is 304 g/mol. The average molecular weight is 334 g/mol. The first kappa shape index (κ1) is 17.7. The van der Waals surface area contributed by atoms with E-state index in [0.717, 1.165) is 44.1 Å². The topological polar surface area (TPSA) is 66.8 Å². The summed E-state index contributed by atoms with van der Waals surface area (Å²) in [5.41, 5.74) is 1.98. The van der Waals surface area contributed by atoms with Gasteiger partial charge in [-0.1, -0.05) is 26.0 Å². The number of fused-ring (bicyclic) bond motifs is 1. The summed E-state index contributed by atoms with van der Waals surface area (Å²) < 4.78 is 5.01. The third-order valence-electron chi connectivity index (χ3n) is 7.17. The van der Waals surface area contributed by atoms with Crippen LogP contribution in [0.15, 0.2) is 23.8 Å². The highest BCUT2D eigenvalue weighted by molar-refractivity contribution is 5.85. The molecule has 1 heterocycles. The monoisotopic (exact) mass is 334 g/mol. The molecule has 0 aromatic heterocycles. The third kappa shape index (κ3) is 2.74. The van der Waals surface area contributed by atoms with Crippen LogP contribution in [0, 0.1) is 22.7 Å². The number of ether oxygens (including phenoxy) is 1. The molecule has 4 heteroatoms. The summed E-state index contributed by atoms with van der Waals surface area (Å²) in [5.74, 6) is 0.432. The van der Waals surface area contributed by atoms with Gasteiger partial charge >= 0.3 is 5.97 Å². The second-order valence-corrected chi connectivity index (χ2v) is 8.48.